The summed E-state index contributed by atoms with van der Waals surface area (Å²) in [6.45, 7) is 1.87. The Morgan fingerprint density at radius 1 is 1.33 bits per heavy atom. The second kappa shape index (κ2) is 6.65. The Morgan fingerprint density at radius 3 is 2.67 bits per heavy atom. The maximum atomic E-state index is 11.6. The average Bonchev–Trinajstić information content (AvgIpc) is 2.56. The summed E-state index contributed by atoms with van der Waals surface area (Å²) in [5.41, 5.74) is 13.6. The van der Waals surface area contributed by atoms with Gasteiger partial charge in [0.05, 0.1) is 28.4 Å². The number of benzene rings is 1. The number of hydrogen-bond donors (Lipinski definition) is 3. The van der Waals surface area contributed by atoms with Crippen molar-refractivity contribution in [2.24, 2.45) is 5.73 Å². The van der Waals surface area contributed by atoms with Gasteiger partial charge in [-0.3, -0.25) is 4.98 Å². The molecule has 2 aromatic rings. The average molecular weight is 329 g/mol. The van der Waals surface area contributed by atoms with Crippen LogP contribution >= 0.6 is 0 Å². The van der Waals surface area contributed by atoms with Crippen molar-refractivity contribution >= 4 is 22.6 Å². The molecule has 1 aromatic heterocycles. The molecule has 0 amide bonds. The fourth-order valence-corrected chi connectivity index (χ4v) is 3.34. The first-order valence-electron chi connectivity index (χ1n) is 8.37. The van der Waals surface area contributed by atoms with E-state index >= 15 is 0 Å². The number of nitrogens with two attached hydrogens (primary N) is 2. The molecule has 1 aliphatic carbocycles. The maximum Gasteiger partial charge on any atom is 0.339 e. The van der Waals surface area contributed by atoms with E-state index in [4.69, 9.17) is 16.2 Å². The summed E-state index contributed by atoms with van der Waals surface area (Å²) < 4.78 is 6.14. The summed E-state index contributed by atoms with van der Waals surface area (Å²) in [4.78, 5) is 16.1. The van der Waals surface area contributed by atoms with Crippen LogP contribution in [0.3, 0.4) is 0 Å². The van der Waals surface area contributed by atoms with E-state index in [0.29, 0.717) is 28.8 Å². The number of ether oxygens (including phenoxy) is 1. The molecule has 128 valence electrons. The van der Waals surface area contributed by atoms with Gasteiger partial charge in [-0.25, -0.2) is 4.79 Å². The summed E-state index contributed by atoms with van der Waals surface area (Å²) >= 11 is 0. The van der Waals surface area contributed by atoms with Gasteiger partial charge in [0.1, 0.15) is 11.3 Å². The SMILES string of the molecule is CCc1nc2cccc(O[C@H]3CC[C@H](N)CC3)c2c(N)c1C(=O)O. The topological polar surface area (TPSA) is 111 Å². The number of carbonyl (C=O) groups is 1. The number of nitrogens with zero attached hydrogens (tertiary/aromatic N) is 1. The highest BCUT2D eigenvalue weighted by atomic mass is 16.5. The largest absolute Gasteiger partial charge is 0.490 e. The van der Waals surface area contributed by atoms with E-state index in [0.717, 1.165) is 25.7 Å². The Balaban J connectivity index is 2.05. The minimum absolute atomic E-state index is 0.0757. The molecule has 5 N–H and O–H groups in total. The van der Waals surface area contributed by atoms with Gasteiger partial charge in [0, 0.05) is 6.04 Å². The zero-order chi connectivity index (χ0) is 17.3. The molecular formula is C18H23N3O3. The molecule has 0 spiro atoms. The van der Waals surface area contributed by atoms with E-state index in [9.17, 15) is 9.90 Å². The molecule has 3 rings (SSSR count). The molecule has 0 aliphatic heterocycles. The highest BCUT2D eigenvalue weighted by molar-refractivity contribution is 6.06. The second-order valence-corrected chi connectivity index (χ2v) is 6.31. The number of pyridine rings is 1. The fourth-order valence-electron chi connectivity index (χ4n) is 3.34. The monoisotopic (exact) mass is 329 g/mol. The van der Waals surface area contributed by atoms with Crippen LogP contribution in [0.5, 0.6) is 5.75 Å². The molecule has 0 unspecified atom stereocenters. The fraction of sp³-hybridized carbons (Fsp3) is 0.444. The number of carboxylic acids is 1. The Bertz CT molecular complexity index is 768. The van der Waals surface area contributed by atoms with Crippen molar-refractivity contribution in [2.45, 2.75) is 51.2 Å². The van der Waals surface area contributed by atoms with E-state index in [1.165, 1.54) is 0 Å². The first kappa shape index (κ1) is 16.5. The molecule has 0 radical (unpaired) electrons. The van der Waals surface area contributed by atoms with E-state index in [1.54, 1.807) is 0 Å². The van der Waals surface area contributed by atoms with Gasteiger partial charge in [-0.05, 0) is 44.2 Å². The third-order valence-electron chi connectivity index (χ3n) is 4.65. The molecule has 0 atom stereocenters. The summed E-state index contributed by atoms with van der Waals surface area (Å²) in [6.07, 6.45) is 4.24. The lowest BCUT2D eigenvalue weighted by atomic mass is 9.93. The lowest BCUT2D eigenvalue weighted by Crippen LogP contribution is -2.31. The molecule has 6 heteroatoms. The minimum atomic E-state index is -1.06. The van der Waals surface area contributed by atoms with E-state index in [-0.39, 0.29) is 23.4 Å². The van der Waals surface area contributed by atoms with Gasteiger partial charge >= 0.3 is 5.97 Å². The number of rotatable bonds is 4. The predicted molar refractivity (Wildman–Crippen MR) is 93.4 cm³/mol. The zero-order valence-corrected chi connectivity index (χ0v) is 13.8. The van der Waals surface area contributed by atoms with Crippen molar-refractivity contribution < 1.29 is 14.6 Å². The standard InChI is InChI=1S/C18H23N3O3/c1-2-12-16(18(22)23)17(20)15-13(21-12)4-3-5-14(15)24-11-8-6-10(19)7-9-11/h3-5,10-11H,2,6-9,19H2,1H3,(H2,20,21)(H,22,23)/t10-,11-. The van der Waals surface area contributed by atoms with E-state index in [1.807, 2.05) is 25.1 Å². The molecule has 1 heterocycles. The number of nitrogen functional groups attached to an aromatic ring is 1. The molecule has 1 aliphatic rings. The Morgan fingerprint density at radius 2 is 2.04 bits per heavy atom. The molecule has 1 aromatic carbocycles. The lowest BCUT2D eigenvalue weighted by Gasteiger charge is -2.27. The van der Waals surface area contributed by atoms with Gasteiger partial charge in [-0.1, -0.05) is 13.0 Å². The van der Waals surface area contributed by atoms with Crippen molar-refractivity contribution in [2.75, 3.05) is 5.73 Å². The molecule has 1 saturated carbocycles. The van der Waals surface area contributed by atoms with Crippen LogP contribution in [0.2, 0.25) is 0 Å². The van der Waals surface area contributed by atoms with Crippen molar-refractivity contribution in [1.29, 1.82) is 0 Å². The van der Waals surface area contributed by atoms with Gasteiger partial charge in [-0.15, -0.1) is 0 Å². The van der Waals surface area contributed by atoms with Gasteiger partial charge < -0.3 is 21.3 Å². The minimum Gasteiger partial charge on any atom is -0.490 e. The van der Waals surface area contributed by atoms with E-state index in [2.05, 4.69) is 4.98 Å². The van der Waals surface area contributed by atoms with Crippen LogP contribution in [0.25, 0.3) is 10.9 Å². The highest BCUT2D eigenvalue weighted by Gasteiger charge is 2.23. The van der Waals surface area contributed by atoms with E-state index < -0.39 is 5.97 Å². The number of aryl methyl sites for hydroxylation is 1. The number of aromatic carboxylic acids is 1. The van der Waals surface area contributed by atoms with Crippen LogP contribution in [0.15, 0.2) is 18.2 Å². The number of fused-ring (bicyclic) bond motifs is 1. The first-order valence-corrected chi connectivity index (χ1v) is 8.37. The summed E-state index contributed by atoms with van der Waals surface area (Å²) in [7, 11) is 0. The second-order valence-electron chi connectivity index (χ2n) is 6.31. The Kier molecular flexibility index (Phi) is 4.57. The predicted octanol–water partition coefficient (Wildman–Crippen LogP) is 2.73. The van der Waals surface area contributed by atoms with Crippen LogP contribution in [0, 0.1) is 0 Å². The highest BCUT2D eigenvalue weighted by Crippen LogP contribution is 2.35. The zero-order valence-electron chi connectivity index (χ0n) is 13.8. The van der Waals surface area contributed by atoms with Crippen LogP contribution < -0.4 is 16.2 Å². The number of hydrogen-bond acceptors (Lipinski definition) is 5. The third kappa shape index (κ3) is 3.01. The Labute approximate surface area is 140 Å². The molecule has 0 bridgehead atoms. The summed E-state index contributed by atoms with van der Waals surface area (Å²) in [5, 5.41) is 10.1. The molecule has 0 saturated heterocycles. The summed E-state index contributed by atoms with van der Waals surface area (Å²) in [5.74, 6) is -0.458. The van der Waals surface area contributed by atoms with Crippen LogP contribution in [0.4, 0.5) is 5.69 Å². The van der Waals surface area contributed by atoms with Crippen molar-refractivity contribution in [3.8, 4) is 5.75 Å². The molecule has 24 heavy (non-hydrogen) atoms. The lowest BCUT2D eigenvalue weighted by molar-refractivity contribution is 0.0696. The van der Waals surface area contributed by atoms with Gasteiger partial charge in [-0.2, -0.15) is 0 Å². The molecular weight excluding hydrogens is 306 g/mol. The summed E-state index contributed by atoms with van der Waals surface area (Å²) in [6, 6.07) is 5.76. The first-order chi connectivity index (χ1) is 11.5. The number of carboxylic acid groups (broad SMARTS) is 1. The van der Waals surface area contributed by atoms with Crippen LogP contribution in [-0.2, 0) is 6.42 Å². The molecule has 1 fully saturated rings. The van der Waals surface area contributed by atoms with Gasteiger partial charge in [0.25, 0.3) is 0 Å². The smallest absolute Gasteiger partial charge is 0.339 e. The van der Waals surface area contributed by atoms with Crippen molar-refractivity contribution in [3.63, 3.8) is 0 Å². The Hall–Kier alpha value is -2.34. The maximum absolute atomic E-state index is 11.6. The number of anilines is 1. The third-order valence-corrected chi connectivity index (χ3v) is 4.65. The van der Waals surface area contributed by atoms with Crippen molar-refractivity contribution in [3.05, 3.63) is 29.5 Å². The molecule has 6 nitrogen and oxygen atoms in total. The number of aromatic nitrogens is 1. The van der Waals surface area contributed by atoms with Crippen molar-refractivity contribution in [1.82, 2.24) is 4.98 Å². The van der Waals surface area contributed by atoms with Crippen LogP contribution in [-0.4, -0.2) is 28.2 Å². The normalized spacial score (nSPS) is 20.9. The van der Waals surface area contributed by atoms with Gasteiger partial charge in [0.2, 0.25) is 0 Å². The van der Waals surface area contributed by atoms with Crippen LogP contribution in [0.1, 0.15) is 48.7 Å². The quantitative estimate of drug-likeness (QED) is 0.795. The van der Waals surface area contributed by atoms with Gasteiger partial charge in [0.15, 0.2) is 0 Å².